The van der Waals surface area contributed by atoms with Crippen LogP contribution in [0.2, 0.25) is 0 Å². The molecule has 0 aliphatic rings. The number of carbonyl (C=O) groups excluding carboxylic acids is 2. The fourth-order valence-electron chi connectivity index (χ4n) is 1.30. The lowest BCUT2D eigenvalue weighted by Gasteiger charge is -2.23. The Morgan fingerprint density at radius 2 is 2.05 bits per heavy atom. The summed E-state index contributed by atoms with van der Waals surface area (Å²) >= 11 is 1.28. The fourth-order valence-corrected chi connectivity index (χ4v) is 2.08. The first-order chi connectivity index (χ1) is 9.23. The molecule has 1 rings (SSSR count). The predicted octanol–water partition coefficient (Wildman–Crippen LogP) is 2.62. The second kappa shape index (κ2) is 6.69. The maximum absolute atomic E-state index is 11.9. The highest BCUT2D eigenvalue weighted by Crippen LogP contribution is 2.21. The van der Waals surface area contributed by atoms with E-state index in [9.17, 15) is 9.59 Å². The van der Waals surface area contributed by atoms with Crippen molar-refractivity contribution in [3.63, 3.8) is 0 Å². The number of aromatic nitrogens is 1. The Hall–Kier alpha value is -1.63. The molecule has 7 heteroatoms. The molecule has 0 unspecified atom stereocenters. The van der Waals surface area contributed by atoms with Crippen LogP contribution in [-0.2, 0) is 20.7 Å². The molecule has 0 aromatic carbocycles. The maximum Gasteiger partial charge on any atom is 0.416 e. The van der Waals surface area contributed by atoms with Gasteiger partial charge in [0.05, 0.1) is 18.7 Å². The molecule has 1 aromatic heterocycles. The van der Waals surface area contributed by atoms with Gasteiger partial charge in [-0.1, -0.05) is 0 Å². The van der Waals surface area contributed by atoms with E-state index in [1.807, 2.05) is 0 Å². The number of carbonyl (C=O) groups is 2. The van der Waals surface area contributed by atoms with Gasteiger partial charge in [0, 0.05) is 12.4 Å². The lowest BCUT2D eigenvalue weighted by Crippen LogP contribution is -2.34. The largest absolute Gasteiger partial charge is 0.466 e. The van der Waals surface area contributed by atoms with Crippen molar-refractivity contribution >= 4 is 28.5 Å². The Labute approximate surface area is 122 Å². The van der Waals surface area contributed by atoms with E-state index in [4.69, 9.17) is 9.47 Å². The van der Waals surface area contributed by atoms with Crippen molar-refractivity contribution in [1.82, 2.24) is 4.98 Å². The first-order valence-electron chi connectivity index (χ1n) is 6.29. The maximum atomic E-state index is 11.9. The summed E-state index contributed by atoms with van der Waals surface area (Å²) in [6.45, 7) is 7.49. The molecule has 1 amide bonds. The van der Waals surface area contributed by atoms with Gasteiger partial charge in [0.15, 0.2) is 5.13 Å². The van der Waals surface area contributed by atoms with E-state index in [1.165, 1.54) is 16.2 Å². The summed E-state index contributed by atoms with van der Waals surface area (Å²) in [5, 5.41) is 2.21. The van der Waals surface area contributed by atoms with Crippen LogP contribution >= 0.6 is 11.3 Å². The molecule has 1 heterocycles. The summed E-state index contributed by atoms with van der Waals surface area (Å²) in [7, 11) is 1.58. The van der Waals surface area contributed by atoms with Crippen molar-refractivity contribution in [1.29, 1.82) is 0 Å². The fraction of sp³-hybridized carbons (Fsp3) is 0.615. The Kier molecular flexibility index (Phi) is 5.50. The molecule has 0 aliphatic heterocycles. The Bertz CT molecular complexity index is 479. The van der Waals surface area contributed by atoms with Gasteiger partial charge in [0.1, 0.15) is 5.60 Å². The number of hydrogen-bond donors (Lipinski definition) is 0. The van der Waals surface area contributed by atoms with Gasteiger partial charge in [-0.2, -0.15) is 0 Å². The van der Waals surface area contributed by atoms with E-state index in [1.54, 1.807) is 40.1 Å². The van der Waals surface area contributed by atoms with Crippen molar-refractivity contribution in [3.05, 3.63) is 11.1 Å². The standard InChI is InChI=1S/C13H20N2O4S/c1-6-18-10(16)7-9-8-20-11(14-9)15(5)12(17)19-13(2,3)4/h8H,6-7H2,1-5H3. The van der Waals surface area contributed by atoms with Crippen molar-refractivity contribution in [2.24, 2.45) is 0 Å². The van der Waals surface area contributed by atoms with Crippen LogP contribution in [0.15, 0.2) is 5.38 Å². The third-order valence-electron chi connectivity index (χ3n) is 2.12. The molecule has 1 aromatic rings. The molecule has 0 N–H and O–H groups in total. The van der Waals surface area contributed by atoms with Gasteiger partial charge in [-0.05, 0) is 27.7 Å². The summed E-state index contributed by atoms with van der Waals surface area (Å²) in [5.41, 5.74) is 0.0231. The minimum absolute atomic E-state index is 0.104. The van der Waals surface area contributed by atoms with Crippen LogP contribution in [-0.4, -0.2) is 36.3 Å². The van der Waals surface area contributed by atoms with Crippen molar-refractivity contribution in [2.45, 2.75) is 39.7 Å². The normalized spacial score (nSPS) is 11.1. The minimum atomic E-state index is -0.559. The highest BCUT2D eigenvalue weighted by atomic mass is 32.1. The van der Waals surface area contributed by atoms with Crippen LogP contribution in [0.3, 0.4) is 0 Å². The molecule has 0 spiro atoms. The lowest BCUT2D eigenvalue weighted by atomic mass is 10.2. The molecule has 0 saturated carbocycles. The second-order valence-corrected chi connectivity index (χ2v) is 5.98. The van der Waals surface area contributed by atoms with E-state index >= 15 is 0 Å². The van der Waals surface area contributed by atoms with Crippen LogP contribution in [0.1, 0.15) is 33.4 Å². The molecule has 0 bridgehead atoms. The second-order valence-electron chi connectivity index (χ2n) is 5.14. The van der Waals surface area contributed by atoms with E-state index < -0.39 is 11.7 Å². The predicted molar refractivity (Wildman–Crippen MR) is 77.1 cm³/mol. The zero-order chi connectivity index (χ0) is 15.3. The quantitative estimate of drug-likeness (QED) is 0.799. The van der Waals surface area contributed by atoms with Crippen LogP contribution in [0.25, 0.3) is 0 Å². The van der Waals surface area contributed by atoms with Crippen LogP contribution in [0.5, 0.6) is 0 Å². The van der Waals surface area contributed by atoms with E-state index in [2.05, 4.69) is 4.98 Å². The summed E-state index contributed by atoms with van der Waals surface area (Å²) < 4.78 is 10.1. The summed E-state index contributed by atoms with van der Waals surface area (Å²) in [4.78, 5) is 28.8. The van der Waals surface area contributed by atoms with Crippen LogP contribution < -0.4 is 4.90 Å². The highest BCUT2D eigenvalue weighted by molar-refractivity contribution is 7.14. The number of rotatable bonds is 4. The Morgan fingerprint density at radius 1 is 1.40 bits per heavy atom. The first kappa shape index (κ1) is 16.4. The summed E-state index contributed by atoms with van der Waals surface area (Å²) in [5.74, 6) is -0.329. The van der Waals surface area contributed by atoms with Crippen LogP contribution in [0.4, 0.5) is 9.93 Å². The number of amides is 1. The number of ether oxygens (including phenoxy) is 2. The molecule has 20 heavy (non-hydrogen) atoms. The molecule has 112 valence electrons. The van der Waals surface area contributed by atoms with Gasteiger partial charge in [0.2, 0.25) is 0 Å². The van der Waals surface area contributed by atoms with E-state index in [0.29, 0.717) is 17.4 Å². The number of anilines is 1. The van der Waals surface area contributed by atoms with Crippen molar-refractivity contribution in [2.75, 3.05) is 18.6 Å². The van der Waals surface area contributed by atoms with Gasteiger partial charge in [-0.3, -0.25) is 9.69 Å². The van der Waals surface area contributed by atoms with Gasteiger partial charge < -0.3 is 9.47 Å². The molecule has 0 radical (unpaired) electrons. The average molecular weight is 300 g/mol. The van der Waals surface area contributed by atoms with Gasteiger partial charge in [-0.15, -0.1) is 11.3 Å². The van der Waals surface area contributed by atoms with Gasteiger partial charge >= 0.3 is 12.1 Å². The molecule has 6 nitrogen and oxygen atoms in total. The molecule has 0 saturated heterocycles. The monoisotopic (exact) mass is 300 g/mol. The van der Waals surface area contributed by atoms with E-state index in [-0.39, 0.29) is 12.4 Å². The van der Waals surface area contributed by atoms with Crippen molar-refractivity contribution < 1.29 is 19.1 Å². The lowest BCUT2D eigenvalue weighted by molar-refractivity contribution is -0.142. The number of hydrogen-bond acceptors (Lipinski definition) is 6. The number of thiazole rings is 1. The Morgan fingerprint density at radius 3 is 2.60 bits per heavy atom. The molecular formula is C13H20N2O4S. The van der Waals surface area contributed by atoms with Crippen LogP contribution in [0, 0.1) is 0 Å². The SMILES string of the molecule is CCOC(=O)Cc1csc(N(C)C(=O)OC(C)(C)C)n1. The smallest absolute Gasteiger partial charge is 0.416 e. The van der Waals surface area contributed by atoms with Crippen molar-refractivity contribution in [3.8, 4) is 0 Å². The number of nitrogens with zero attached hydrogens (tertiary/aromatic N) is 2. The first-order valence-corrected chi connectivity index (χ1v) is 7.17. The van der Waals surface area contributed by atoms with E-state index in [0.717, 1.165) is 0 Å². The highest BCUT2D eigenvalue weighted by Gasteiger charge is 2.22. The number of esters is 1. The minimum Gasteiger partial charge on any atom is -0.466 e. The molecule has 0 atom stereocenters. The summed E-state index contributed by atoms with van der Waals surface area (Å²) in [6.07, 6.45) is -0.374. The molecule has 0 aliphatic carbocycles. The van der Waals surface area contributed by atoms with Gasteiger partial charge in [-0.25, -0.2) is 9.78 Å². The Balaban J connectivity index is 2.66. The van der Waals surface area contributed by atoms with Gasteiger partial charge in [0.25, 0.3) is 0 Å². The third-order valence-corrected chi connectivity index (χ3v) is 3.09. The topological polar surface area (TPSA) is 68.7 Å². The summed E-state index contributed by atoms with van der Waals surface area (Å²) in [6, 6.07) is 0. The molecular weight excluding hydrogens is 280 g/mol. The third kappa shape index (κ3) is 5.16. The molecule has 0 fully saturated rings. The zero-order valence-corrected chi connectivity index (χ0v) is 13.2. The average Bonchev–Trinajstić information content (AvgIpc) is 2.74. The zero-order valence-electron chi connectivity index (χ0n) is 12.4.